The third kappa shape index (κ3) is 4.15. The van der Waals surface area contributed by atoms with Gasteiger partial charge in [-0.1, -0.05) is 20.8 Å². The number of piperazine rings is 1. The van der Waals surface area contributed by atoms with Crippen LogP contribution >= 0.6 is 0 Å². The number of hydrogen-bond acceptors (Lipinski definition) is 5. The minimum Gasteiger partial charge on any atom is -0.352 e. The maximum atomic E-state index is 12.7. The first kappa shape index (κ1) is 18.6. The Morgan fingerprint density at radius 3 is 2.38 bits per heavy atom. The predicted octanol–water partition coefficient (Wildman–Crippen LogP) is 1.71. The molecule has 3 heterocycles. The predicted molar refractivity (Wildman–Crippen MR) is 103 cm³/mol. The number of nitrogens with one attached hydrogen (secondary N) is 2. The van der Waals surface area contributed by atoms with Crippen molar-refractivity contribution in [1.82, 2.24) is 15.2 Å². The third-order valence-corrected chi connectivity index (χ3v) is 4.85. The lowest BCUT2D eigenvalue weighted by molar-refractivity contribution is -0.123. The molecule has 0 saturated carbocycles. The molecule has 26 heavy (non-hydrogen) atoms. The van der Waals surface area contributed by atoms with Crippen molar-refractivity contribution in [2.75, 3.05) is 49.5 Å². The van der Waals surface area contributed by atoms with E-state index >= 15 is 0 Å². The average Bonchev–Trinajstić information content (AvgIpc) is 3.15. The summed E-state index contributed by atoms with van der Waals surface area (Å²) in [5.41, 5.74) is 0.641. The monoisotopic (exact) mass is 359 g/mol. The van der Waals surface area contributed by atoms with E-state index in [2.05, 4.69) is 20.5 Å². The Balaban J connectivity index is 1.90. The van der Waals surface area contributed by atoms with Crippen LogP contribution in [0, 0.1) is 5.41 Å². The van der Waals surface area contributed by atoms with E-state index in [0.29, 0.717) is 11.3 Å². The first-order valence-corrected chi connectivity index (χ1v) is 9.43. The molecule has 2 aliphatic heterocycles. The fourth-order valence-corrected chi connectivity index (χ4v) is 3.21. The van der Waals surface area contributed by atoms with E-state index in [1.54, 1.807) is 12.3 Å². The van der Waals surface area contributed by atoms with E-state index in [9.17, 15) is 9.59 Å². The van der Waals surface area contributed by atoms with Gasteiger partial charge in [-0.3, -0.25) is 9.59 Å². The van der Waals surface area contributed by atoms with Crippen molar-refractivity contribution in [1.29, 1.82) is 0 Å². The standard InChI is InChI=1S/C19H29N5O2/c1-19(2,3)18(26)22-15-12-14(17(25)24-8-4-5-9-24)13-21-16(15)23-10-6-20-7-11-23/h12-13,20H,4-11H2,1-3H3,(H,22,26). The highest BCUT2D eigenvalue weighted by molar-refractivity contribution is 6.00. The minimum absolute atomic E-state index is 0.00637. The number of pyridine rings is 1. The average molecular weight is 359 g/mol. The van der Waals surface area contributed by atoms with E-state index < -0.39 is 5.41 Å². The number of rotatable bonds is 3. The number of carbonyl (C=O) groups excluding carboxylic acids is 2. The molecule has 0 aliphatic carbocycles. The van der Waals surface area contributed by atoms with Gasteiger partial charge in [-0.15, -0.1) is 0 Å². The highest BCUT2D eigenvalue weighted by Gasteiger charge is 2.26. The van der Waals surface area contributed by atoms with Gasteiger partial charge in [-0.25, -0.2) is 4.98 Å². The summed E-state index contributed by atoms with van der Waals surface area (Å²) in [5, 5.41) is 6.32. The van der Waals surface area contributed by atoms with Gasteiger partial charge in [-0.05, 0) is 18.9 Å². The largest absolute Gasteiger partial charge is 0.352 e. The lowest BCUT2D eigenvalue weighted by atomic mass is 9.95. The topological polar surface area (TPSA) is 77.6 Å². The molecule has 1 aromatic heterocycles. The molecule has 0 atom stereocenters. The highest BCUT2D eigenvalue weighted by Crippen LogP contribution is 2.28. The van der Waals surface area contributed by atoms with Crippen LogP contribution in [0.3, 0.4) is 0 Å². The minimum atomic E-state index is -0.518. The quantitative estimate of drug-likeness (QED) is 0.859. The fraction of sp³-hybridized carbons (Fsp3) is 0.632. The molecule has 7 heteroatoms. The Hall–Kier alpha value is -2.15. The van der Waals surface area contributed by atoms with Gasteiger partial charge in [0.05, 0.1) is 11.3 Å². The first-order valence-electron chi connectivity index (χ1n) is 9.43. The van der Waals surface area contributed by atoms with Crippen molar-refractivity contribution in [2.45, 2.75) is 33.6 Å². The summed E-state index contributed by atoms with van der Waals surface area (Å²) in [6, 6.07) is 1.79. The van der Waals surface area contributed by atoms with Crippen molar-refractivity contribution in [3.05, 3.63) is 17.8 Å². The lowest BCUT2D eigenvalue weighted by Crippen LogP contribution is -2.44. The molecule has 7 nitrogen and oxygen atoms in total. The van der Waals surface area contributed by atoms with E-state index in [-0.39, 0.29) is 11.8 Å². The maximum Gasteiger partial charge on any atom is 0.255 e. The number of likely N-dealkylation sites (tertiary alicyclic amines) is 1. The molecule has 3 rings (SSSR count). The molecule has 2 amide bonds. The summed E-state index contributed by atoms with van der Waals surface area (Å²) >= 11 is 0. The smallest absolute Gasteiger partial charge is 0.255 e. The van der Waals surface area contributed by atoms with E-state index in [1.165, 1.54) is 0 Å². The molecule has 2 fully saturated rings. The Labute approximate surface area is 155 Å². The van der Waals surface area contributed by atoms with Gasteiger partial charge >= 0.3 is 0 Å². The van der Waals surface area contributed by atoms with Crippen molar-refractivity contribution in [3.8, 4) is 0 Å². The van der Waals surface area contributed by atoms with Crippen molar-refractivity contribution < 1.29 is 9.59 Å². The van der Waals surface area contributed by atoms with E-state index in [4.69, 9.17) is 0 Å². The molecule has 0 spiro atoms. The molecular weight excluding hydrogens is 330 g/mol. The summed E-state index contributed by atoms with van der Waals surface area (Å²) < 4.78 is 0. The van der Waals surface area contributed by atoms with Gasteiger partial charge in [0.2, 0.25) is 5.91 Å². The van der Waals surface area contributed by atoms with E-state index in [1.807, 2.05) is 25.7 Å². The van der Waals surface area contributed by atoms with Gasteiger partial charge in [0.25, 0.3) is 5.91 Å². The molecule has 0 unspecified atom stereocenters. The number of aromatic nitrogens is 1. The van der Waals surface area contributed by atoms with Gasteiger partial charge in [0, 0.05) is 50.9 Å². The van der Waals surface area contributed by atoms with Crippen LogP contribution in [0.4, 0.5) is 11.5 Å². The van der Waals surface area contributed by atoms with Crippen LogP contribution in [-0.4, -0.2) is 61.0 Å². The summed E-state index contributed by atoms with van der Waals surface area (Å²) in [6.07, 6.45) is 3.74. The summed E-state index contributed by atoms with van der Waals surface area (Å²) in [5.74, 6) is 0.650. The van der Waals surface area contributed by atoms with Crippen LogP contribution < -0.4 is 15.5 Å². The second kappa shape index (κ2) is 7.61. The zero-order valence-corrected chi connectivity index (χ0v) is 16.0. The summed E-state index contributed by atoms with van der Waals surface area (Å²) in [6.45, 7) is 10.6. The van der Waals surface area contributed by atoms with Crippen LogP contribution in [0.1, 0.15) is 44.0 Å². The Morgan fingerprint density at radius 1 is 1.12 bits per heavy atom. The molecular formula is C19H29N5O2. The van der Waals surface area contributed by atoms with Crippen LogP contribution in [0.2, 0.25) is 0 Å². The highest BCUT2D eigenvalue weighted by atomic mass is 16.2. The van der Waals surface area contributed by atoms with Crippen molar-refractivity contribution in [2.24, 2.45) is 5.41 Å². The third-order valence-electron chi connectivity index (χ3n) is 4.85. The number of amides is 2. The van der Waals surface area contributed by atoms with Crippen molar-refractivity contribution >= 4 is 23.3 Å². The second-order valence-corrected chi connectivity index (χ2v) is 8.04. The Bertz CT molecular complexity index is 671. The molecule has 0 aromatic carbocycles. The molecule has 2 saturated heterocycles. The molecule has 1 aromatic rings. The Kier molecular flexibility index (Phi) is 5.46. The fourth-order valence-electron chi connectivity index (χ4n) is 3.21. The molecule has 2 N–H and O–H groups in total. The van der Waals surface area contributed by atoms with Crippen LogP contribution in [0.15, 0.2) is 12.3 Å². The van der Waals surface area contributed by atoms with Crippen LogP contribution in [-0.2, 0) is 4.79 Å². The summed E-state index contributed by atoms with van der Waals surface area (Å²) in [4.78, 5) is 33.8. The number of hydrogen-bond donors (Lipinski definition) is 2. The zero-order chi connectivity index (χ0) is 18.7. The molecule has 0 bridgehead atoms. The molecule has 2 aliphatic rings. The maximum absolute atomic E-state index is 12.7. The zero-order valence-electron chi connectivity index (χ0n) is 16.0. The summed E-state index contributed by atoms with van der Waals surface area (Å²) in [7, 11) is 0. The number of nitrogens with zero attached hydrogens (tertiary/aromatic N) is 3. The number of anilines is 2. The van der Waals surface area contributed by atoms with Crippen LogP contribution in [0.25, 0.3) is 0 Å². The molecule has 142 valence electrons. The SMILES string of the molecule is CC(C)(C)C(=O)Nc1cc(C(=O)N2CCCC2)cnc1N1CCNCC1. The number of carbonyl (C=O) groups is 2. The second-order valence-electron chi connectivity index (χ2n) is 8.04. The van der Waals surface area contributed by atoms with Crippen molar-refractivity contribution in [3.63, 3.8) is 0 Å². The lowest BCUT2D eigenvalue weighted by Gasteiger charge is -2.31. The molecule has 0 radical (unpaired) electrons. The Morgan fingerprint density at radius 2 is 1.77 bits per heavy atom. The first-order chi connectivity index (χ1) is 12.4. The van der Waals surface area contributed by atoms with Gasteiger partial charge in [0.1, 0.15) is 0 Å². The van der Waals surface area contributed by atoms with Gasteiger partial charge < -0.3 is 20.4 Å². The normalized spacial score (nSPS) is 18.1. The van der Waals surface area contributed by atoms with Gasteiger partial charge in [-0.2, -0.15) is 0 Å². The van der Waals surface area contributed by atoms with E-state index in [0.717, 1.165) is 57.9 Å². The van der Waals surface area contributed by atoms with Gasteiger partial charge in [0.15, 0.2) is 5.82 Å². The van der Waals surface area contributed by atoms with Crippen LogP contribution in [0.5, 0.6) is 0 Å².